The van der Waals surface area contributed by atoms with Crippen LogP contribution in [0.5, 0.6) is 0 Å². The summed E-state index contributed by atoms with van der Waals surface area (Å²) in [6.45, 7) is 8.54. The third kappa shape index (κ3) is 42.3. The lowest BCUT2D eigenvalue weighted by Gasteiger charge is -1.97. The molecule has 0 saturated carbocycles. The Morgan fingerprint density at radius 3 is 1.20 bits per heavy atom. The minimum absolute atomic E-state index is 0.250. The molecule has 15 heavy (non-hydrogen) atoms. The molecule has 0 rings (SSSR count). The summed E-state index contributed by atoms with van der Waals surface area (Å²) >= 11 is 0. The standard InChI is InChI=1S/C10H22.C2H6.CH3NO/c1-3-5-7-9-10-8-6-4-2;1-2;2-1-3/h3-10H2,1-2H3;1-2H3;1H,(H2,2,3). The van der Waals surface area contributed by atoms with Crippen molar-refractivity contribution in [2.45, 2.75) is 79.1 Å². The van der Waals surface area contributed by atoms with Gasteiger partial charge in [-0.3, -0.25) is 4.79 Å². The quantitative estimate of drug-likeness (QED) is 0.502. The van der Waals surface area contributed by atoms with Crippen molar-refractivity contribution in [2.75, 3.05) is 0 Å². The van der Waals surface area contributed by atoms with Gasteiger partial charge in [0.25, 0.3) is 0 Å². The summed E-state index contributed by atoms with van der Waals surface area (Å²) in [6, 6.07) is 0. The van der Waals surface area contributed by atoms with E-state index in [1.54, 1.807) is 0 Å². The number of unbranched alkanes of at least 4 members (excludes halogenated alkanes) is 7. The maximum Gasteiger partial charge on any atom is 0.204 e. The van der Waals surface area contributed by atoms with Gasteiger partial charge in [-0.1, -0.05) is 79.1 Å². The molecule has 0 aromatic rings. The largest absolute Gasteiger partial charge is 0.372 e. The summed E-state index contributed by atoms with van der Waals surface area (Å²) in [5.41, 5.74) is 4.17. The highest BCUT2D eigenvalue weighted by Gasteiger charge is 1.87. The first kappa shape index (κ1) is 20.0. The third-order valence-electron chi connectivity index (χ3n) is 1.96. The number of carbonyl (C=O) groups is 1. The van der Waals surface area contributed by atoms with Gasteiger partial charge in [0, 0.05) is 0 Å². The normalized spacial score (nSPS) is 8.00. The van der Waals surface area contributed by atoms with Crippen molar-refractivity contribution in [3.8, 4) is 0 Å². The highest BCUT2D eigenvalue weighted by atomic mass is 16.1. The van der Waals surface area contributed by atoms with Crippen LogP contribution in [0, 0.1) is 0 Å². The molecule has 0 unspecified atom stereocenters. The monoisotopic (exact) mass is 217 g/mol. The number of primary amides is 1. The highest BCUT2D eigenvalue weighted by molar-refractivity contribution is 5.42. The van der Waals surface area contributed by atoms with Gasteiger partial charge in [0.05, 0.1) is 0 Å². The van der Waals surface area contributed by atoms with Gasteiger partial charge in [-0.25, -0.2) is 0 Å². The van der Waals surface area contributed by atoms with Crippen molar-refractivity contribution in [1.29, 1.82) is 0 Å². The first-order valence-electron chi connectivity index (χ1n) is 6.48. The van der Waals surface area contributed by atoms with Crippen molar-refractivity contribution in [3.63, 3.8) is 0 Å². The number of amides is 1. The van der Waals surface area contributed by atoms with E-state index in [4.69, 9.17) is 4.79 Å². The van der Waals surface area contributed by atoms with E-state index >= 15 is 0 Å². The topological polar surface area (TPSA) is 43.1 Å². The smallest absolute Gasteiger partial charge is 0.204 e. The Hall–Kier alpha value is -0.530. The Kier molecular flexibility index (Phi) is 38.8. The fourth-order valence-electron chi connectivity index (χ4n) is 1.21. The van der Waals surface area contributed by atoms with Gasteiger partial charge in [-0.05, 0) is 0 Å². The van der Waals surface area contributed by atoms with Gasteiger partial charge in [0.15, 0.2) is 0 Å². The molecule has 0 fully saturated rings. The number of rotatable bonds is 7. The van der Waals surface area contributed by atoms with Gasteiger partial charge in [-0.15, -0.1) is 0 Å². The predicted molar refractivity (Wildman–Crippen MR) is 69.9 cm³/mol. The lowest BCUT2D eigenvalue weighted by molar-refractivity contribution is -0.106. The number of nitrogens with two attached hydrogens (primary N) is 1. The second-order valence-electron chi connectivity index (χ2n) is 3.26. The summed E-state index contributed by atoms with van der Waals surface area (Å²) in [5, 5.41) is 0. The molecule has 2 heteroatoms. The van der Waals surface area contributed by atoms with Crippen LogP contribution < -0.4 is 5.73 Å². The minimum atomic E-state index is 0.250. The maximum atomic E-state index is 8.58. The van der Waals surface area contributed by atoms with Gasteiger partial charge < -0.3 is 5.73 Å². The predicted octanol–water partition coefficient (Wildman–Crippen LogP) is 4.27. The Morgan fingerprint density at radius 2 is 1.00 bits per heavy atom. The van der Waals surface area contributed by atoms with Gasteiger partial charge in [0.2, 0.25) is 6.41 Å². The molecule has 0 aromatic heterocycles. The van der Waals surface area contributed by atoms with Crippen LogP contribution in [0.15, 0.2) is 0 Å². The first-order valence-corrected chi connectivity index (χ1v) is 6.48. The van der Waals surface area contributed by atoms with Crippen molar-refractivity contribution in [2.24, 2.45) is 5.73 Å². The van der Waals surface area contributed by atoms with E-state index in [-0.39, 0.29) is 6.41 Å². The van der Waals surface area contributed by atoms with E-state index in [9.17, 15) is 0 Å². The van der Waals surface area contributed by atoms with E-state index < -0.39 is 0 Å². The van der Waals surface area contributed by atoms with Gasteiger partial charge >= 0.3 is 0 Å². The van der Waals surface area contributed by atoms with Crippen LogP contribution in [0.4, 0.5) is 0 Å². The molecule has 0 spiro atoms. The van der Waals surface area contributed by atoms with Crippen molar-refractivity contribution in [3.05, 3.63) is 0 Å². The Bertz CT molecular complexity index is 76.6. The van der Waals surface area contributed by atoms with Gasteiger partial charge in [0.1, 0.15) is 0 Å². The molecule has 94 valence electrons. The lowest BCUT2D eigenvalue weighted by atomic mass is 10.1. The lowest BCUT2D eigenvalue weighted by Crippen LogP contribution is -1.82. The molecule has 0 aliphatic rings. The molecule has 0 aliphatic carbocycles. The molecule has 0 atom stereocenters. The van der Waals surface area contributed by atoms with Crippen LogP contribution in [0.25, 0.3) is 0 Å². The van der Waals surface area contributed by atoms with E-state index in [2.05, 4.69) is 19.6 Å². The Balaban J connectivity index is -0.000000245. The highest BCUT2D eigenvalue weighted by Crippen LogP contribution is 2.07. The molecular weight excluding hydrogens is 186 g/mol. The van der Waals surface area contributed by atoms with Crippen LogP contribution in [0.2, 0.25) is 0 Å². The van der Waals surface area contributed by atoms with E-state index in [1.165, 1.54) is 51.4 Å². The van der Waals surface area contributed by atoms with Crippen LogP contribution in [0.3, 0.4) is 0 Å². The Morgan fingerprint density at radius 1 is 0.800 bits per heavy atom. The molecule has 0 heterocycles. The van der Waals surface area contributed by atoms with Crippen molar-refractivity contribution < 1.29 is 4.79 Å². The van der Waals surface area contributed by atoms with Crippen LogP contribution in [0.1, 0.15) is 79.1 Å². The summed E-state index contributed by atoms with van der Waals surface area (Å²) < 4.78 is 0. The van der Waals surface area contributed by atoms with Crippen LogP contribution in [-0.2, 0) is 4.79 Å². The van der Waals surface area contributed by atoms with Crippen LogP contribution in [-0.4, -0.2) is 6.41 Å². The summed E-state index contributed by atoms with van der Waals surface area (Å²) in [6.07, 6.45) is 11.7. The fraction of sp³-hybridized carbons (Fsp3) is 0.923. The second kappa shape index (κ2) is 29.2. The van der Waals surface area contributed by atoms with Crippen molar-refractivity contribution in [1.82, 2.24) is 0 Å². The second-order valence-corrected chi connectivity index (χ2v) is 3.26. The van der Waals surface area contributed by atoms with E-state index in [0.29, 0.717) is 0 Å². The van der Waals surface area contributed by atoms with Crippen LogP contribution >= 0.6 is 0 Å². The SMILES string of the molecule is CC.CCCCCCCCCC.NC=O. The molecular formula is C13H31NO. The molecule has 0 bridgehead atoms. The molecule has 2 N–H and O–H groups in total. The number of carbonyl (C=O) groups excluding carboxylic acids is 1. The summed E-state index contributed by atoms with van der Waals surface area (Å²) in [5.74, 6) is 0. The summed E-state index contributed by atoms with van der Waals surface area (Å²) in [4.78, 5) is 8.58. The van der Waals surface area contributed by atoms with Crippen molar-refractivity contribution >= 4 is 6.41 Å². The summed E-state index contributed by atoms with van der Waals surface area (Å²) in [7, 11) is 0. The minimum Gasteiger partial charge on any atom is -0.372 e. The molecule has 0 saturated heterocycles. The zero-order valence-electron chi connectivity index (χ0n) is 11.2. The number of hydrogen-bond donors (Lipinski definition) is 1. The average molecular weight is 217 g/mol. The molecule has 1 amide bonds. The first-order chi connectivity index (χ1) is 7.33. The van der Waals surface area contributed by atoms with Gasteiger partial charge in [-0.2, -0.15) is 0 Å². The average Bonchev–Trinajstić information content (AvgIpc) is 2.27. The van der Waals surface area contributed by atoms with E-state index in [1.807, 2.05) is 13.8 Å². The maximum absolute atomic E-state index is 8.58. The molecule has 0 radical (unpaired) electrons. The number of hydrogen-bond acceptors (Lipinski definition) is 1. The molecule has 0 aromatic carbocycles. The fourth-order valence-corrected chi connectivity index (χ4v) is 1.21. The third-order valence-corrected chi connectivity index (χ3v) is 1.96. The zero-order valence-corrected chi connectivity index (χ0v) is 11.2. The molecule has 0 aliphatic heterocycles. The van der Waals surface area contributed by atoms with E-state index in [0.717, 1.165) is 0 Å². The Labute approximate surface area is 96.6 Å². The molecule has 2 nitrogen and oxygen atoms in total. The zero-order chi connectivity index (χ0) is 12.4.